The van der Waals surface area contributed by atoms with Crippen molar-refractivity contribution in [3.05, 3.63) is 65.2 Å². The third-order valence-electron chi connectivity index (χ3n) is 3.39. The molecule has 0 aromatic heterocycles. The van der Waals surface area contributed by atoms with Gasteiger partial charge in [-0.3, -0.25) is 0 Å². The molecular formula is C16H18O. The molecule has 17 heavy (non-hydrogen) atoms. The van der Waals surface area contributed by atoms with E-state index in [0.717, 1.165) is 0 Å². The first-order valence-electron chi connectivity index (χ1n) is 5.87. The molecule has 2 aromatic carbocycles. The lowest BCUT2D eigenvalue weighted by molar-refractivity contribution is 0.472. The van der Waals surface area contributed by atoms with Crippen molar-refractivity contribution >= 4 is 0 Å². The summed E-state index contributed by atoms with van der Waals surface area (Å²) in [4.78, 5) is 0. The number of hydrogen-bond acceptors (Lipinski definition) is 1. The number of aryl methyl sites for hydroxylation is 1. The van der Waals surface area contributed by atoms with Crippen LogP contribution in [0.3, 0.4) is 0 Å². The fraction of sp³-hybridized carbons (Fsp3) is 0.250. The van der Waals surface area contributed by atoms with E-state index in [1.54, 1.807) is 6.07 Å². The largest absolute Gasteiger partial charge is 0.508 e. The third kappa shape index (κ3) is 2.19. The molecule has 0 aliphatic heterocycles. The topological polar surface area (TPSA) is 20.2 Å². The van der Waals surface area contributed by atoms with Gasteiger partial charge in [0.25, 0.3) is 0 Å². The lowest BCUT2D eigenvalue weighted by Crippen LogP contribution is -2.20. The summed E-state index contributed by atoms with van der Waals surface area (Å²) in [5.74, 6) is 0.328. The Labute approximate surface area is 103 Å². The van der Waals surface area contributed by atoms with Crippen molar-refractivity contribution in [1.82, 2.24) is 0 Å². The summed E-state index contributed by atoms with van der Waals surface area (Å²) < 4.78 is 0. The average Bonchev–Trinajstić information content (AvgIpc) is 2.33. The van der Waals surface area contributed by atoms with Gasteiger partial charge in [0.15, 0.2) is 0 Å². The summed E-state index contributed by atoms with van der Waals surface area (Å²) in [5.41, 5.74) is 3.54. The van der Waals surface area contributed by atoms with E-state index in [0.29, 0.717) is 5.75 Å². The average molecular weight is 226 g/mol. The molecule has 0 unspecified atom stereocenters. The van der Waals surface area contributed by atoms with E-state index in [1.807, 2.05) is 18.2 Å². The van der Waals surface area contributed by atoms with Gasteiger partial charge in [0.2, 0.25) is 0 Å². The zero-order valence-corrected chi connectivity index (χ0v) is 10.6. The maximum absolute atomic E-state index is 9.65. The van der Waals surface area contributed by atoms with E-state index in [9.17, 15) is 5.11 Å². The quantitative estimate of drug-likeness (QED) is 0.819. The Morgan fingerprint density at radius 3 is 2.24 bits per heavy atom. The normalized spacial score (nSPS) is 11.5. The molecule has 0 aliphatic rings. The highest BCUT2D eigenvalue weighted by molar-refractivity contribution is 5.44. The summed E-state index contributed by atoms with van der Waals surface area (Å²) in [6.45, 7) is 6.45. The Morgan fingerprint density at radius 2 is 1.59 bits per heavy atom. The summed E-state index contributed by atoms with van der Waals surface area (Å²) >= 11 is 0. The highest BCUT2D eigenvalue weighted by atomic mass is 16.3. The van der Waals surface area contributed by atoms with Gasteiger partial charge in [-0.2, -0.15) is 0 Å². The van der Waals surface area contributed by atoms with Crippen LogP contribution in [0.4, 0.5) is 0 Å². The molecule has 0 heterocycles. The molecule has 0 amide bonds. The van der Waals surface area contributed by atoms with Gasteiger partial charge in [-0.25, -0.2) is 0 Å². The molecule has 0 atom stereocenters. The summed E-state index contributed by atoms with van der Waals surface area (Å²) in [6, 6.07) is 15.9. The molecule has 0 spiro atoms. The highest BCUT2D eigenvalue weighted by Crippen LogP contribution is 2.34. The molecule has 0 radical (unpaired) electrons. The Morgan fingerprint density at radius 1 is 0.941 bits per heavy atom. The van der Waals surface area contributed by atoms with Crippen LogP contribution in [0.5, 0.6) is 5.75 Å². The standard InChI is InChI=1S/C16H18O/c1-12-9-10-14(17)11-15(12)16(2,3)13-7-5-4-6-8-13/h4-11,17H,1-3H3. The fourth-order valence-electron chi connectivity index (χ4n) is 2.29. The van der Waals surface area contributed by atoms with E-state index in [4.69, 9.17) is 0 Å². The first kappa shape index (κ1) is 11.7. The molecule has 0 bridgehead atoms. The van der Waals surface area contributed by atoms with Crippen LogP contribution in [-0.2, 0) is 5.41 Å². The van der Waals surface area contributed by atoms with E-state index < -0.39 is 0 Å². The zero-order chi connectivity index (χ0) is 12.5. The van der Waals surface area contributed by atoms with Crippen molar-refractivity contribution in [3.8, 4) is 5.75 Å². The van der Waals surface area contributed by atoms with Crippen molar-refractivity contribution < 1.29 is 5.11 Å². The number of phenolic OH excluding ortho intramolecular Hbond substituents is 1. The smallest absolute Gasteiger partial charge is 0.115 e. The molecule has 1 nitrogen and oxygen atoms in total. The lowest BCUT2D eigenvalue weighted by Gasteiger charge is -2.28. The van der Waals surface area contributed by atoms with Gasteiger partial charge in [-0.15, -0.1) is 0 Å². The fourth-order valence-corrected chi connectivity index (χ4v) is 2.29. The third-order valence-corrected chi connectivity index (χ3v) is 3.39. The van der Waals surface area contributed by atoms with E-state index in [1.165, 1.54) is 16.7 Å². The molecule has 0 fully saturated rings. The first-order valence-corrected chi connectivity index (χ1v) is 5.87. The van der Waals surface area contributed by atoms with Crippen molar-refractivity contribution in [2.45, 2.75) is 26.2 Å². The van der Waals surface area contributed by atoms with Crippen LogP contribution in [0.2, 0.25) is 0 Å². The second-order valence-corrected chi connectivity index (χ2v) is 4.99. The Balaban J connectivity index is 2.55. The van der Waals surface area contributed by atoms with E-state index >= 15 is 0 Å². The molecule has 2 aromatic rings. The van der Waals surface area contributed by atoms with Gasteiger partial charge in [-0.1, -0.05) is 50.2 Å². The van der Waals surface area contributed by atoms with Gasteiger partial charge >= 0.3 is 0 Å². The van der Waals surface area contributed by atoms with Crippen molar-refractivity contribution in [2.24, 2.45) is 0 Å². The van der Waals surface area contributed by atoms with Crippen LogP contribution in [-0.4, -0.2) is 5.11 Å². The summed E-state index contributed by atoms with van der Waals surface area (Å²) in [6.07, 6.45) is 0. The van der Waals surface area contributed by atoms with Crippen molar-refractivity contribution in [1.29, 1.82) is 0 Å². The van der Waals surface area contributed by atoms with Crippen LogP contribution >= 0.6 is 0 Å². The van der Waals surface area contributed by atoms with Crippen LogP contribution < -0.4 is 0 Å². The van der Waals surface area contributed by atoms with Gasteiger partial charge in [0.1, 0.15) is 5.75 Å². The van der Waals surface area contributed by atoms with Crippen LogP contribution in [0, 0.1) is 6.92 Å². The van der Waals surface area contributed by atoms with Gasteiger partial charge in [-0.05, 0) is 35.7 Å². The molecule has 0 saturated carbocycles. The van der Waals surface area contributed by atoms with Gasteiger partial charge < -0.3 is 5.11 Å². The Bertz CT molecular complexity index is 512. The maximum Gasteiger partial charge on any atom is 0.115 e. The minimum absolute atomic E-state index is 0.0932. The summed E-state index contributed by atoms with van der Waals surface area (Å²) in [7, 11) is 0. The second-order valence-electron chi connectivity index (χ2n) is 4.99. The van der Waals surface area contributed by atoms with Gasteiger partial charge in [0, 0.05) is 5.41 Å². The molecule has 88 valence electrons. The van der Waals surface area contributed by atoms with Gasteiger partial charge in [0.05, 0.1) is 0 Å². The molecule has 0 aliphatic carbocycles. The number of benzene rings is 2. The number of aromatic hydroxyl groups is 1. The molecule has 1 N–H and O–H groups in total. The monoisotopic (exact) mass is 226 g/mol. The molecular weight excluding hydrogens is 208 g/mol. The Kier molecular flexibility index (Phi) is 2.93. The van der Waals surface area contributed by atoms with E-state index in [2.05, 4.69) is 45.0 Å². The summed E-state index contributed by atoms with van der Waals surface area (Å²) in [5, 5.41) is 9.65. The van der Waals surface area contributed by atoms with Crippen molar-refractivity contribution in [3.63, 3.8) is 0 Å². The maximum atomic E-state index is 9.65. The predicted molar refractivity (Wildman–Crippen MR) is 71.4 cm³/mol. The van der Waals surface area contributed by atoms with Crippen molar-refractivity contribution in [2.75, 3.05) is 0 Å². The molecule has 1 heteroatoms. The van der Waals surface area contributed by atoms with Crippen LogP contribution in [0.1, 0.15) is 30.5 Å². The number of phenols is 1. The first-order chi connectivity index (χ1) is 8.01. The molecule has 0 saturated heterocycles. The van der Waals surface area contributed by atoms with Crippen LogP contribution in [0.25, 0.3) is 0 Å². The minimum atomic E-state index is -0.0932. The second kappa shape index (κ2) is 4.25. The minimum Gasteiger partial charge on any atom is -0.508 e. The number of hydrogen-bond donors (Lipinski definition) is 1. The van der Waals surface area contributed by atoms with Crippen LogP contribution in [0.15, 0.2) is 48.5 Å². The SMILES string of the molecule is Cc1ccc(O)cc1C(C)(C)c1ccccc1. The molecule has 2 rings (SSSR count). The zero-order valence-electron chi connectivity index (χ0n) is 10.6. The highest BCUT2D eigenvalue weighted by Gasteiger charge is 2.24. The van der Waals surface area contributed by atoms with E-state index in [-0.39, 0.29) is 5.41 Å². The lowest BCUT2D eigenvalue weighted by atomic mass is 9.76. The number of rotatable bonds is 2. The Hall–Kier alpha value is -1.76. The predicted octanol–water partition coefficient (Wildman–Crippen LogP) is 4.03.